The zero-order chi connectivity index (χ0) is 15.9. The molecule has 0 aromatic carbocycles. The number of rotatable bonds is 1. The minimum atomic E-state index is -1.17. The van der Waals surface area contributed by atoms with E-state index in [1.165, 1.54) is 12.4 Å². The molecular formula is C14H14ClN3O4. The number of hydrogen-bond acceptors (Lipinski definition) is 4. The Kier molecular flexibility index (Phi) is 3.76. The number of pyridine rings is 1. The SMILES string of the molecule is Cc1cn(C(=O)O)c2c(Cl)ncc(C(=O)N3CCOCC3)c12. The molecule has 1 aliphatic heterocycles. The fourth-order valence-corrected chi connectivity index (χ4v) is 2.90. The topological polar surface area (TPSA) is 84.7 Å². The first-order chi connectivity index (χ1) is 10.5. The minimum Gasteiger partial charge on any atom is -0.464 e. The van der Waals surface area contributed by atoms with E-state index >= 15 is 0 Å². The van der Waals surface area contributed by atoms with Crippen LogP contribution in [0, 0.1) is 6.92 Å². The lowest BCUT2D eigenvalue weighted by atomic mass is 10.1. The molecule has 0 unspecified atom stereocenters. The molecule has 1 aliphatic rings. The second-order valence-electron chi connectivity index (χ2n) is 5.06. The molecular weight excluding hydrogens is 310 g/mol. The molecule has 0 spiro atoms. The summed E-state index contributed by atoms with van der Waals surface area (Å²) < 4.78 is 6.24. The summed E-state index contributed by atoms with van der Waals surface area (Å²) in [5, 5.41) is 9.85. The maximum absolute atomic E-state index is 12.7. The lowest BCUT2D eigenvalue weighted by Crippen LogP contribution is -2.40. The normalized spacial score (nSPS) is 15.3. The Bertz CT molecular complexity index is 765. The zero-order valence-corrected chi connectivity index (χ0v) is 12.6. The zero-order valence-electron chi connectivity index (χ0n) is 11.9. The molecule has 0 bridgehead atoms. The standard InChI is InChI=1S/C14H14ClN3O4/c1-8-7-18(14(20)21)11-10(8)9(6-16-12(11)15)13(19)17-2-4-22-5-3-17/h6-7H,2-5H2,1H3,(H,20,21). The lowest BCUT2D eigenvalue weighted by molar-refractivity contribution is 0.0304. The number of aryl methyl sites for hydroxylation is 1. The molecule has 1 saturated heterocycles. The second-order valence-corrected chi connectivity index (χ2v) is 5.41. The Hall–Kier alpha value is -2.12. The van der Waals surface area contributed by atoms with E-state index in [9.17, 15) is 14.7 Å². The third kappa shape index (κ3) is 2.32. The van der Waals surface area contributed by atoms with Crippen LogP contribution in [0.3, 0.4) is 0 Å². The molecule has 1 amide bonds. The molecule has 2 aromatic heterocycles. The first-order valence-electron chi connectivity index (χ1n) is 6.77. The molecule has 116 valence electrons. The molecule has 0 saturated carbocycles. The molecule has 0 atom stereocenters. The summed E-state index contributed by atoms with van der Waals surface area (Å²) in [5.41, 5.74) is 1.27. The molecule has 1 N–H and O–H groups in total. The Balaban J connectivity index is 2.16. The van der Waals surface area contributed by atoms with Crippen molar-refractivity contribution in [1.29, 1.82) is 0 Å². The molecule has 0 aliphatic carbocycles. The van der Waals surface area contributed by atoms with Crippen molar-refractivity contribution >= 4 is 34.5 Å². The average Bonchev–Trinajstić information content (AvgIpc) is 2.87. The lowest BCUT2D eigenvalue weighted by Gasteiger charge is -2.27. The number of carbonyl (C=O) groups is 2. The highest BCUT2D eigenvalue weighted by molar-refractivity contribution is 6.35. The van der Waals surface area contributed by atoms with Crippen molar-refractivity contribution in [1.82, 2.24) is 14.5 Å². The van der Waals surface area contributed by atoms with Gasteiger partial charge in [-0.2, -0.15) is 0 Å². The van der Waals surface area contributed by atoms with Gasteiger partial charge in [-0.05, 0) is 12.5 Å². The number of amides is 1. The quantitative estimate of drug-likeness (QED) is 0.811. The Morgan fingerprint density at radius 2 is 2.05 bits per heavy atom. The van der Waals surface area contributed by atoms with Crippen molar-refractivity contribution in [2.24, 2.45) is 0 Å². The van der Waals surface area contributed by atoms with E-state index < -0.39 is 6.09 Å². The number of fused-ring (bicyclic) bond motifs is 1. The highest BCUT2D eigenvalue weighted by Crippen LogP contribution is 2.30. The molecule has 3 rings (SSSR count). The van der Waals surface area contributed by atoms with Gasteiger partial charge in [0.25, 0.3) is 5.91 Å². The maximum atomic E-state index is 12.7. The maximum Gasteiger partial charge on any atom is 0.416 e. The summed E-state index contributed by atoms with van der Waals surface area (Å²) in [5.74, 6) is -0.191. The first-order valence-corrected chi connectivity index (χ1v) is 7.15. The summed E-state index contributed by atoms with van der Waals surface area (Å²) in [6.07, 6.45) is 1.68. The van der Waals surface area contributed by atoms with Gasteiger partial charge in [-0.15, -0.1) is 0 Å². The summed E-state index contributed by atoms with van der Waals surface area (Å²) >= 11 is 6.04. The van der Waals surface area contributed by atoms with Crippen molar-refractivity contribution in [3.63, 3.8) is 0 Å². The van der Waals surface area contributed by atoms with Crippen LogP contribution in [0.25, 0.3) is 10.9 Å². The summed E-state index contributed by atoms with van der Waals surface area (Å²) in [4.78, 5) is 29.7. The van der Waals surface area contributed by atoms with E-state index in [-0.39, 0.29) is 16.6 Å². The van der Waals surface area contributed by atoms with Gasteiger partial charge >= 0.3 is 6.09 Å². The monoisotopic (exact) mass is 323 g/mol. The molecule has 1 fully saturated rings. The number of aromatic nitrogens is 2. The van der Waals surface area contributed by atoms with Crippen LogP contribution in [0.2, 0.25) is 5.15 Å². The van der Waals surface area contributed by atoms with E-state index in [4.69, 9.17) is 16.3 Å². The van der Waals surface area contributed by atoms with Crippen molar-refractivity contribution in [3.8, 4) is 0 Å². The van der Waals surface area contributed by atoms with Crippen LogP contribution in [-0.4, -0.2) is 57.9 Å². The largest absolute Gasteiger partial charge is 0.464 e. The molecule has 3 heterocycles. The number of hydrogen-bond donors (Lipinski definition) is 1. The third-order valence-corrected chi connectivity index (χ3v) is 3.98. The van der Waals surface area contributed by atoms with Crippen molar-refractivity contribution < 1.29 is 19.4 Å². The van der Waals surface area contributed by atoms with E-state index in [1.54, 1.807) is 11.8 Å². The number of ether oxygens (including phenoxy) is 1. The van der Waals surface area contributed by atoms with E-state index in [2.05, 4.69) is 4.98 Å². The van der Waals surface area contributed by atoms with E-state index in [0.717, 1.165) is 4.57 Å². The summed E-state index contributed by atoms with van der Waals surface area (Å²) in [7, 11) is 0. The number of halogens is 1. The smallest absolute Gasteiger partial charge is 0.416 e. The Morgan fingerprint density at radius 1 is 1.36 bits per heavy atom. The van der Waals surface area contributed by atoms with Crippen LogP contribution in [0.1, 0.15) is 15.9 Å². The van der Waals surface area contributed by atoms with E-state index in [1.807, 2.05) is 0 Å². The van der Waals surface area contributed by atoms with Gasteiger partial charge in [0.15, 0.2) is 5.15 Å². The van der Waals surface area contributed by atoms with Gasteiger partial charge in [0.05, 0.1) is 24.3 Å². The van der Waals surface area contributed by atoms with Crippen LogP contribution in [0.5, 0.6) is 0 Å². The van der Waals surface area contributed by atoms with Gasteiger partial charge in [0, 0.05) is 30.9 Å². The number of carboxylic acid groups (broad SMARTS) is 1. The van der Waals surface area contributed by atoms with Crippen molar-refractivity contribution in [2.75, 3.05) is 26.3 Å². The van der Waals surface area contributed by atoms with Gasteiger partial charge in [-0.3, -0.25) is 4.79 Å². The first kappa shape index (κ1) is 14.8. The molecule has 0 radical (unpaired) electrons. The molecule has 8 heteroatoms. The number of nitrogens with zero attached hydrogens (tertiary/aromatic N) is 3. The molecule has 2 aromatic rings. The van der Waals surface area contributed by atoms with Crippen LogP contribution < -0.4 is 0 Å². The van der Waals surface area contributed by atoms with Gasteiger partial charge in [0.1, 0.15) is 0 Å². The average molecular weight is 324 g/mol. The molecule has 7 nitrogen and oxygen atoms in total. The summed E-state index contributed by atoms with van der Waals surface area (Å²) in [6, 6.07) is 0. The van der Waals surface area contributed by atoms with E-state index in [0.29, 0.717) is 42.8 Å². The highest BCUT2D eigenvalue weighted by atomic mass is 35.5. The summed E-state index contributed by atoms with van der Waals surface area (Å²) in [6.45, 7) is 3.73. The predicted octanol–water partition coefficient (Wildman–Crippen LogP) is 2.00. The second kappa shape index (κ2) is 5.58. The van der Waals surface area contributed by atoms with Crippen LogP contribution in [0.4, 0.5) is 4.79 Å². The van der Waals surface area contributed by atoms with Gasteiger partial charge < -0.3 is 14.7 Å². The van der Waals surface area contributed by atoms with Crippen LogP contribution in [0.15, 0.2) is 12.4 Å². The fraction of sp³-hybridized carbons (Fsp3) is 0.357. The Labute approximate surface area is 131 Å². The van der Waals surface area contributed by atoms with Gasteiger partial charge in [-0.25, -0.2) is 14.3 Å². The third-order valence-electron chi connectivity index (χ3n) is 3.70. The fourth-order valence-electron chi connectivity index (χ4n) is 2.67. The van der Waals surface area contributed by atoms with Gasteiger partial charge in [-0.1, -0.05) is 11.6 Å². The van der Waals surface area contributed by atoms with Crippen molar-refractivity contribution in [3.05, 3.63) is 28.7 Å². The number of carbonyl (C=O) groups excluding carboxylic acids is 1. The minimum absolute atomic E-state index is 0.0593. The van der Waals surface area contributed by atoms with Gasteiger partial charge in [0.2, 0.25) is 0 Å². The highest BCUT2D eigenvalue weighted by Gasteiger charge is 2.25. The van der Waals surface area contributed by atoms with Crippen LogP contribution >= 0.6 is 11.6 Å². The molecule has 22 heavy (non-hydrogen) atoms. The van der Waals surface area contributed by atoms with Crippen LogP contribution in [-0.2, 0) is 4.74 Å². The Morgan fingerprint density at radius 3 is 2.68 bits per heavy atom. The number of morpholine rings is 1. The van der Waals surface area contributed by atoms with Crippen molar-refractivity contribution in [2.45, 2.75) is 6.92 Å². The predicted molar refractivity (Wildman–Crippen MR) is 79.6 cm³/mol.